The lowest BCUT2D eigenvalue weighted by atomic mass is 10.1. The normalized spacial score (nSPS) is 11.1. The van der Waals surface area contributed by atoms with Crippen LogP contribution in [0.4, 0.5) is 11.4 Å². The van der Waals surface area contributed by atoms with E-state index in [1.807, 2.05) is 30.3 Å². The molecule has 168 valence electrons. The molecule has 0 aliphatic carbocycles. The molecule has 2 N–H and O–H groups in total. The molecule has 7 nitrogen and oxygen atoms in total. The van der Waals surface area contributed by atoms with E-state index in [4.69, 9.17) is 9.47 Å². The van der Waals surface area contributed by atoms with Gasteiger partial charge in [-0.1, -0.05) is 42.5 Å². The molecular formula is C25H22N2O5S. The van der Waals surface area contributed by atoms with Crippen LogP contribution < -0.4 is 19.5 Å². The molecule has 0 saturated carbocycles. The first-order chi connectivity index (χ1) is 15.9. The van der Waals surface area contributed by atoms with Crippen molar-refractivity contribution in [2.24, 2.45) is 0 Å². The van der Waals surface area contributed by atoms with Crippen LogP contribution in [0.1, 0.15) is 10.4 Å². The molecule has 8 heteroatoms. The lowest BCUT2D eigenvalue weighted by molar-refractivity contribution is 0.102. The minimum atomic E-state index is -3.83. The standard InChI is InChI=1S/C25H22N2O5S/c1-31-22-11-6-12-23(32-2)24(22)25(28)26-18-13-15-19(16-14-18)33(29,30)27-21-10-5-8-17-7-3-4-9-20(17)21/h3-16,27H,1-2H3,(H,26,28). The molecule has 1 amide bonds. The molecular weight excluding hydrogens is 440 g/mol. The monoisotopic (exact) mass is 462 g/mol. The van der Waals surface area contributed by atoms with Gasteiger partial charge in [-0.25, -0.2) is 8.42 Å². The first kappa shape index (κ1) is 22.2. The van der Waals surface area contributed by atoms with Gasteiger partial charge >= 0.3 is 0 Å². The summed E-state index contributed by atoms with van der Waals surface area (Å²) < 4.78 is 39.1. The average Bonchev–Trinajstić information content (AvgIpc) is 2.83. The number of carbonyl (C=O) groups excluding carboxylic acids is 1. The molecule has 0 unspecified atom stereocenters. The Hall–Kier alpha value is -4.04. The molecule has 4 rings (SSSR count). The molecule has 4 aromatic carbocycles. The number of amides is 1. The van der Waals surface area contributed by atoms with Gasteiger partial charge in [0.05, 0.1) is 24.8 Å². The molecule has 0 aliphatic heterocycles. The number of hydrogen-bond donors (Lipinski definition) is 2. The molecule has 0 aliphatic rings. The quantitative estimate of drug-likeness (QED) is 0.407. The minimum Gasteiger partial charge on any atom is -0.496 e. The summed E-state index contributed by atoms with van der Waals surface area (Å²) >= 11 is 0. The van der Waals surface area contributed by atoms with Gasteiger partial charge in [0.25, 0.3) is 15.9 Å². The molecule has 0 aromatic heterocycles. The number of benzene rings is 4. The minimum absolute atomic E-state index is 0.0725. The topological polar surface area (TPSA) is 93.7 Å². The number of nitrogens with one attached hydrogen (secondary N) is 2. The van der Waals surface area contributed by atoms with E-state index in [0.29, 0.717) is 22.9 Å². The van der Waals surface area contributed by atoms with Crippen LogP contribution in [0.2, 0.25) is 0 Å². The Kier molecular flexibility index (Phi) is 6.19. The lowest BCUT2D eigenvalue weighted by Crippen LogP contribution is -2.15. The molecule has 0 atom stereocenters. The van der Waals surface area contributed by atoms with Crippen molar-refractivity contribution >= 4 is 38.1 Å². The van der Waals surface area contributed by atoms with Crippen LogP contribution >= 0.6 is 0 Å². The summed E-state index contributed by atoms with van der Waals surface area (Å²) in [4.78, 5) is 12.9. The fourth-order valence-electron chi connectivity index (χ4n) is 3.50. The molecule has 0 fully saturated rings. The van der Waals surface area contributed by atoms with Gasteiger partial charge in [-0.05, 0) is 47.9 Å². The van der Waals surface area contributed by atoms with Gasteiger partial charge in [-0.15, -0.1) is 0 Å². The zero-order valence-electron chi connectivity index (χ0n) is 18.0. The Balaban J connectivity index is 1.55. The SMILES string of the molecule is COc1cccc(OC)c1C(=O)Nc1ccc(S(=O)(=O)Nc2cccc3ccccc23)cc1. The Morgan fingerprint density at radius 1 is 0.758 bits per heavy atom. The zero-order chi connectivity index (χ0) is 23.4. The lowest BCUT2D eigenvalue weighted by Gasteiger charge is -2.14. The summed E-state index contributed by atoms with van der Waals surface area (Å²) in [5.41, 5.74) is 1.17. The maximum absolute atomic E-state index is 12.9. The van der Waals surface area contributed by atoms with E-state index in [-0.39, 0.29) is 10.5 Å². The fourth-order valence-corrected chi connectivity index (χ4v) is 4.58. The van der Waals surface area contributed by atoms with Gasteiger partial charge < -0.3 is 14.8 Å². The van der Waals surface area contributed by atoms with Crippen LogP contribution in [0, 0.1) is 0 Å². The average molecular weight is 463 g/mol. The van der Waals surface area contributed by atoms with Gasteiger partial charge in [0.2, 0.25) is 0 Å². The molecule has 0 heterocycles. The van der Waals surface area contributed by atoms with Crippen LogP contribution in [0.25, 0.3) is 10.8 Å². The zero-order valence-corrected chi connectivity index (χ0v) is 18.8. The first-order valence-electron chi connectivity index (χ1n) is 10.1. The van der Waals surface area contributed by atoms with Crippen LogP contribution in [0.3, 0.4) is 0 Å². The van der Waals surface area contributed by atoms with E-state index in [2.05, 4.69) is 10.0 Å². The Morgan fingerprint density at radius 3 is 2.03 bits per heavy atom. The summed E-state index contributed by atoms with van der Waals surface area (Å²) in [7, 11) is -0.893. The highest BCUT2D eigenvalue weighted by molar-refractivity contribution is 7.92. The highest BCUT2D eigenvalue weighted by atomic mass is 32.2. The van der Waals surface area contributed by atoms with E-state index in [0.717, 1.165) is 10.8 Å². The Bertz CT molecular complexity index is 1390. The molecule has 33 heavy (non-hydrogen) atoms. The Morgan fingerprint density at radius 2 is 1.36 bits per heavy atom. The second kappa shape index (κ2) is 9.22. The summed E-state index contributed by atoms with van der Waals surface area (Å²) in [5, 5.41) is 4.48. The number of methoxy groups -OCH3 is 2. The molecule has 0 radical (unpaired) electrons. The van der Waals surface area contributed by atoms with Crippen LogP contribution in [-0.4, -0.2) is 28.5 Å². The van der Waals surface area contributed by atoms with Crippen LogP contribution in [-0.2, 0) is 10.0 Å². The maximum atomic E-state index is 12.9. The molecule has 0 saturated heterocycles. The summed E-state index contributed by atoms with van der Waals surface area (Å²) in [5.74, 6) is 0.296. The van der Waals surface area contributed by atoms with Gasteiger partial charge in [0.1, 0.15) is 17.1 Å². The summed E-state index contributed by atoms with van der Waals surface area (Å²) in [6.07, 6.45) is 0. The maximum Gasteiger partial charge on any atom is 0.263 e. The van der Waals surface area contributed by atoms with Crippen LogP contribution in [0.15, 0.2) is 89.8 Å². The van der Waals surface area contributed by atoms with Gasteiger partial charge in [0.15, 0.2) is 0 Å². The first-order valence-corrected chi connectivity index (χ1v) is 11.5. The third-order valence-electron chi connectivity index (χ3n) is 5.11. The number of rotatable bonds is 7. The van der Waals surface area contributed by atoms with E-state index >= 15 is 0 Å². The Labute approximate surface area is 192 Å². The third kappa shape index (κ3) is 4.61. The van der Waals surface area contributed by atoms with E-state index < -0.39 is 15.9 Å². The van der Waals surface area contributed by atoms with Crippen molar-refractivity contribution in [1.82, 2.24) is 0 Å². The van der Waals surface area contributed by atoms with E-state index in [9.17, 15) is 13.2 Å². The van der Waals surface area contributed by atoms with Gasteiger partial charge in [-0.3, -0.25) is 9.52 Å². The number of fused-ring (bicyclic) bond motifs is 1. The van der Waals surface area contributed by atoms with Crippen molar-refractivity contribution in [1.29, 1.82) is 0 Å². The van der Waals surface area contributed by atoms with Gasteiger partial charge in [0, 0.05) is 11.1 Å². The van der Waals surface area contributed by atoms with Crippen molar-refractivity contribution < 1.29 is 22.7 Å². The van der Waals surface area contributed by atoms with Crippen molar-refractivity contribution in [2.45, 2.75) is 4.90 Å². The number of sulfonamides is 1. The predicted molar refractivity (Wildman–Crippen MR) is 129 cm³/mol. The summed E-state index contributed by atoms with van der Waals surface area (Å²) in [6, 6.07) is 23.9. The predicted octanol–water partition coefficient (Wildman–Crippen LogP) is 4.91. The van der Waals surface area contributed by atoms with Gasteiger partial charge in [-0.2, -0.15) is 0 Å². The highest BCUT2D eigenvalue weighted by Crippen LogP contribution is 2.30. The fraction of sp³-hybridized carbons (Fsp3) is 0.0800. The van der Waals surface area contributed by atoms with Crippen molar-refractivity contribution in [2.75, 3.05) is 24.3 Å². The van der Waals surface area contributed by atoms with E-state index in [1.165, 1.54) is 38.5 Å². The van der Waals surface area contributed by atoms with Crippen molar-refractivity contribution in [3.05, 3.63) is 90.5 Å². The third-order valence-corrected chi connectivity index (χ3v) is 6.49. The smallest absolute Gasteiger partial charge is 0.263 e. The van der Waals surface area contributed by atoms with E-state index in [1.54, 1.807) is 30.3 Å². The number of hydrogen-bond acceptors (Lipinski definition) is 5. The van der Waals surface area contributed by atoms with Crippen LogP contribution in [0.5, 0.6) is 11.5 Å². The number of anilines is 2. The van der Waals surface area contributed by atoms with Crippen molar-refractivity contribution in [3.63, 3.8) is 0 Å². The number of carbonyl (C=O) groups is 1. The molecule has 0 spiro atoms. The second-order valence-corrected chi connectivity index (χ2v) is 8.83. The molecule has 0 bridgehead atoms. The highest BCUT2D eigenvalue weighted by Gasteiger charge is 2.19. The summed E-state index contributed by atoms with van der Waals surface area (Å²) in [6.45, 7) is 0. The van der Waals surface area contributed by atoms with Crippen molar-refractivity contribution in [3.8, 4) is 11.5 Å². The number of ether oxygens (including phenoxy) is 2. The largest absolute Gasteiger partial charge is 0.496 e. The molecule has 4 aromatic rings. The second-order valence-electron chi connectivity index (χ2n) is 7.15.